The Bertz CT molecular complexity index is 2940. The minimum absolute atomic E-state index is 0.0779. The number of rotatable bonds is 12. The molecule has 0 aliphatic carbocycles. The van der Waals surface area contributed by atoms with E-state index in [2.05, 4.69) is 42.4 Å². The molecule has 3 aliphatic heterocycles. The molecule has 3 N–H and O–H groups in total. The summed E-state index contributed by atoms with van der Waals surface area (Å²) >= 11 is 3.32. The van der Waals surface area contributed by atoms with E-state index in [0.717, 1.165) is 101 Å². The number of likely N-dealkylation sites (tertiary alicyclic amines) is 1. The molecule has 69 heavy (non-hydrogen) atoms. The minimum atomic E-state index is -0.808. The van der Waals surface area contributed by atoms with Gasteiger partial charge in [0.2, 0.25) is 17.8 Å². The fourth-order valence-corrected chi connectivity index (χ4v) is 12.5. The summed E-state index contributed by atoms with van der Waals surface area (Å²) in [6, 6.07) is 18.2. The second-order valence-corrected chi connectivity index (χ2v) is 21.1. The molecule has 3 fully saturated rings. The van der Waals surface area contributed by atoms with Crippen LogP contribution in [0.3, 0.4) is 0 Å². The van der Waals surface area contributed by atoms with Gasteiger partial charge >= 0.3 is 0 Å². The highest BCUT2D eigenvalue weighted by molar-refractivity contribution is 7.19. The predicted molar refractivity (Wildman–Crippen MR) is 269 cm³/mol. The van der Waals surface area contributed by atoms with Gasteiger partial charge in [-0.25, -0.2) is 15.0 Å². The average Bonchev–Trinajstić information content (AvgIpc) is 4.19. The van der Waals surface area contributed by atoms with Gasteiger partial charge in [-0.2, -0.15) is 0 Å². The molecule has 0 saturated carbocycles. The van der Waals surface area contributed by atoms with Gasteiger partial charge in [-0.05, 0) is 93.2 Å². The van der Waals surface area contributed by atoms with Crippen molar-refractivity contribution in [3.63, 3.8) is 0 Å². The largest absolute Gasteiger partial charge is 0.507 e. The standard InChI is InChI=1S/C52H58N10O5S2/c1-29(2)46(51(66)62-27-38(63)22-43(62)49(65)56-31(4)33-10-12-35(13-11-33)48-32(5)55-28-68-48)45-24-41(59-67-45)34-14-18-60(19-15-34)37-25-53-52(54-26-37)61-20-16-36(17-21-61)47-30(3)40-23-42(57-58-50(40)69-47)39-8-6-7-9-44(39)64/h6-13,23-26,28-29,31,34,36,38,43,46,63-64H,14-22,27H2,1-5H3,(H,56,65)/t31-,38+,43-,46?/m0/s1. The van der Waals surface area contributed by atoms with Crippen LogP contribution in [0.5, 0.6) is 5.75 Å². The monoisotopic (exact) mass is 966 g/mol. The van der Waals surface area contributed by atoms with Gasteiger partial charge in [0.25, 0.3) is 0 Å². The molecule has 4 atom stereocenters. The third-order valence-corrected chi connectivity index (χ3v) is 16.7. The van der Waals surface area contributed by atoms with Crippen LogP contribution in [0.4, 0.5) is 11.6 Å². The number of aromatic nitrogens is 6. The lowest BCUT2D eigenvalue weighted by Crippen LogP contribution is -2.48. The fourth-order valence-electron chi connectivity index (χ4n) is 10.4. The highest BCUT2D eigenvalue weighted by Gasteiger charge is 2.44. The summed E-state index contributed by atoms with van der Waals surface area (Å²) in [5.74, 6) is 0.678. The molecule has 0 bridgehead atoms. The number of amides is 2. The average molecular weight is 967 g/mol. The highest BCUT2D eigenvalue weighted by atomic mass is 32.1. The van der Waals surface area contributed by atoms with Crippen LogP contribution in [-0.4, -0.2) is 102 Å². The van der Waals surface area contributed by atoms with Crippen LogP contribution in [0.15, 0.2) is 83.1 Å². The Labute approximate surface area is 409 Å². The molecule has 1 unspecified atom stereocenters. The number of thiazole rings is 1. The van der Waals surface area contributed by atoms with Crippen molar-refractivity contribution in [2.45, 2.75) is 103 Å². The molecule has 7 aromatic rings. The quantitative estimate of drug-likeness (QED) is 0.105. The van der Waals surface area contributed by atoms with Gasteiger partial charge in [-0.3, -0.25) is 9.59 Å². The van der Waals surface area contributed by atoms with Crippen molar-refractivity contribution in [1.82, 2.24) is 40.5 Å². The predicted octanol–water partition coefficient (Wildman–Crippen LogP) is 8.93. The molecule has 358 valence electrons. The van der Waals surface area contributed by atoms with Crippen molar-refractivity contribution in [3.8, 4) is 27.4 Å². The molecule has 15 nitrogen and oxygen atoms in total. The molecule has 5 aromatic heterocycles. The van der Waals surface area contributed by atoms with Crippen molar-refractivity contribution < 1.29 is 24.3 Å². The number of hydrogen-bond donors (Lipinski definition) is 3. The van der Waals surface area contributed by atoms with Crippen LogP contribution >= 0.6 is 22.7 Å². The number of aryl methyl sites for hydroxylation is 2. The zero-order valence-electron chi connectivity index (χ0n) is 39.6. The van der Waals surface area contributed by atoms with Crippen molar-refractivity contribution in [1.29, 1.82) is 0 Å². The molecule has 3 saturated heterocycles. The summed E-state index contributed by atoms with van der Waals surface area (Å²) in [5, 5.41) is 38.9. The summed E-state index contributed by atoms with van der Waals surface area (Å²) in [4.78, 5) is 51.7. The van der Waals surface area contributed by atoms with Gasteiger partial charge in [-0.1, -0.05) is 55.4 Å². The van der Waals surface area contributed by atoms with E-state index in [1.165, 1.54) is 15.3 Å². The number of anilines is 2. The summed E-state index contributed by atoms with van der Waals surface area (Å²) in [6.45, 7) is 13.4. The van der Waals surface area contributed by atoms with Gasteiger partial charge in [0.15, 0.2) is 0 Å². The lowest BCUT2D eigenvalue weighted by Gasteiger charge is -2.34. The summed E-state index contributed by atoms with van der Waals surface area (Å²) in [5.41, 5.74) is 9.26. The van der Waals surface area contributed by atoms with E-state index in [4.69, 9.17) is 14.5 Å². The number of hydrogen-bond acceptors (Lipinski definition) is 15. The van der Waals surface area contributed by atoms with Crippen LogP contribution in [0.2, 0.25) is 0 Å². The number of benzene rings is 2. The molecule has 2 amide bonds. The van der Waals surface area contributed by atoms with Gasteiger partial charge in [0.05, 0.1) is 57.7 Å². The number of para-hydroxylation sites is 1. The number of phenolic OH excluding ortho intramolecular Hbond substituents is 1. The van der Waals surface area contributed by atoms with Crippen LogP contribution in [-0.2, 0) is 9.59 Å². The summed E-state index contributed by atoms with van der Waals surface area (Å²) < 4.78 is 5.95. The van der Waals surface area contributed by atoms with Gasteiger partial charge < -0.3 is 34.8 Å². The Morgan fingerprint density at radius 1 is 0.870 bits per heavy atom. The number of nitrogens with one attached hydrogen (secondary N) is 1. The molecule has 0 spiro atoms. The van der Waals surface area contributed by atoms with Crippen LogP contribution in [0.1, 0.15) is 110 Å². The summed E-state index contributed by atoms with van der Waals surface area (Å²) in [7, 11) is 0. The first-order valence-electron chi connectivity index (χ1n) is 24.0. The number of fused-ring (bicyclic) bond motifs is 1. The van der Waals surface area contributed by atoms with E-state index in [1.54, 1.807) is 34.8 Å². The molecule has 3 aliphatic rings. The number of carbonyl (C=O) groups excluding carboxylic acids is 2. The zero-order chi connectivity index (χ0) is 47.9. The Hall–Kier alpha value is -6.30. The zero-order valence-corrected chi connectivity index (χ0v) is 41.2. The molecular formula is C52H58N10O5S2. The first-order chi connectivity index (χ1) is 33.4. The van der Waals surface area contributed by atoms with E-state index >= 15 is 0 Å². The third kappa shape index (κ3) is 9.43. The molecular weight excluding hydrogens is 909 g/mol. The SMILES string of the molecule is Cc1ncsc1-c1ccc([C@H](C)NC(=O)[C@@H]2C[C@@H](O)CN2C(=O)C(c2cc(C3CCN(c4cnc(N5CCC(c6sc7nnc(-c8ccccc8O)cc7c6C)CC5)nc4)CC3)no2)C(C)C)cc1. The molecule has 10 rings (SSSR count). The normalized spacial score (nSPS) is 19.1. The minimum Gasteiger partial charge on any atom is -0.507 e. The number of piperidine rings is 2. The van der Waals surface area contributed by atoms with E-state index in [0.29, 0.717) is 22.9 Å². The lowest BCUT2D eigenvalue weighted by molar-refractivity contribution is -0.141. The Kier molecular flexibility index (Phi) is 13.2. The summed E-state index contributed by atoms with van der Waals surface area (Å²) in [6.07, 6.45) is 6.92. The second-order valence-electron chi connectivity index (χ2n) is 19.2. The number of aliphatic hydroxyl groups excluding tert-OH is 1. The molecule has 0 radical (unpaired) electrons. The van der Waals surface area contributed by atoms with E-state index in [9.17, 15) is 19.8 Å². The number of nitrogens with zero attached hydrogens (tertiary/aromatic N) is 9. The fraction of sp³-hybridized carbons (Fsp3) is 0.423. The Morgan fingerprint density at radius 3 is 2.28 bits per heavy atom. The number of carbonyl (C=O) groups is 2. The maximum Gasteiger partial charge on any atom is 0.243 e. The van der Waals surface area contributed by atoms with Gasteiger partial charge in [0, 0.05) is 67.0 Å². The number of aromatic hydroxyl groups is 1. The van der Waals surface area contributed by atoms with Crippen molar-refractivity contribution in [3.05, 3.63) is 112 Å². The molecule has 17 heteroatoms. The smallest absolute Gasteiger partial charge is 0.243 e. The lowest BCUT2D eigenvalue weighted by atomic mass is 9.89. The molecule has 8 heterocycles. The van der Waals surface area contributed by atoms with E-state index in [1.807, 2.05) is 94.1 Å². The maximum absolute atomic E-state index is 14.4. The van der Waals surface area contributed by atoms with Crippen molar-refractivity contribution >= 4 is 56.3 Å². The van der Waals surface area contributed by atoms with Crippen molar-refractivity contribution in [2.24, 2.45) is 5.92 Å². The van der Waals surface area contributed by atoms with Crippen LogP contribution in [0.25, 0.3) is 31.9 Å². The first-order valence-corrected chi connectivity index (χ1v) is 25.7. The van der Waals surface area contributed by atoms with Crippen LogP contribution in [0, 0.1) is 19.8 Å². The number of thiophene rings is 1. The van der Waals surface area contributed by atoms with E-state index < -0.39 is 18.1 Å². The number of aliphatic hydroxyl groups is 1. The highest BCUT2D eigenvalue weighted by Crippen LogP contribution is 2.42. The van der Waals surface area contributed by atoms with Gasteiger partial charge in [-0.15, -0.1) is 32.9 Å². The second kappa shape index (κ2) is 19.6. The number of phenols is 1. The van der Waals surface area contributed by atoms with Crippen molar-refractivity contribution in [2.75, 3.05) is 42.5 Å². The third-order valence-electron chi connectivity index (χ3n) is 14.4. The Morgan fingerprint density at radius 2 is 1.58 bits per heavy atom. The molecule has 2 aromatic carbocycles. The van der Waals surface area contributed by atoms with Crippen LogP contribution < -0.4 is 15.1 Å². The van der Waals surface area contributed by atoms with Gasteiger partial charge in [0.1, 0.15) is 28.3 Å². The topological polar surface area (TPSA) is 187 Å². The maximum atomic E-state index is 14.4. The Balaban J connectivity index is 0.723. The number of β-amino-alcohol motifs (C(OH)–C–C–N with tert-alkyl or cyclic N) is 1. The first kappa shape index (κ1) is 46.4. The van der Waals surface area contributed by atoms with E-state index in [-0.39, 0.29) is 48.4 Å².